The molecular formula is C15H22N2O2. The van der Waals surface area contributed by atoms with Crippen LogP contribution in [0.3, 0.4) is 0 Å². The normalized spacial score (nSPS) is 13.5. The Balaban J connectivity index is 2.90. The molecule has 1 heterocycles. The van der Waals surface area contributed by atoms with Crippen LogP contribution in [0.5, 0.6) is 0 Å². The average Bonchev–Trinajstić information content (AvgIpc) is 2.39. The molecule has 0 aliphatic carbocycles. The van der Waals surface area contributed by atoms with Gasteiger partial charge in [0.25, 0.3) is 0 Å². The third-order valence-electron chi connectivity index (χ3n) is 3.05. The van der Waals surface area contributed by atoms with Gasteiger partial charge in [-0.3, -0.25) is 9.78 Å². The van der Waals surface area contributed by atoms with Gasteiger partial charge in [0.15, 0.2) is 0 Å². The van der Waals surface area contributed by atoms with Crippen LogP contribution in [0.4, 0.5) is 0 Å². The smallest absolute Gasteiger partial charge is 0.307 e. The number of methoxy groups -OCH3 is 1. The van der Waals surface area contributed by atoms with Crippen LogP contribution in [0.1, 0.15) is 32.8 Å². The summed E-state index contributed by atoms with van der Waals surface area (Å²) in [5.74, 6) is -0.232. The maximum atomic E-state index is 11.6. The molecule has 4 nitrogen and oxygen atoms in total. The molecule has 0 spiro atoms. The number of hydrogen-bond acceptors (Lipinski definition) is 4. The molecule has 0 saturated heterocycles. The fraction of sp³-hybridized carbons (Fsp3) is 0.467. The summed E-state index contributed by atoms with van der Waals surface area (Å²) in [5.41, 5.74) is 1.81. The SMILES string of the molecule is COC(=O)CC(C)(NCC=C(C)C)c1ccncc1. The zero-order valence-electron chi connectivity index (χ0n) is 12.1. The van der Waals surface area contributed by atoms with Crippen molar-refractivity contribution in [1.82, 2.24) is 10.3 Å². The number of esters is 1. The molecule has 0 radical (unpaired) electrons. The van der Waals surface area contributed by atoms with E-state index in [4.69, 9.17) is 4.74 Å². The second kappa shape index (κ2) is 7.04. The summed E-state index contributed by atoms with van der Waals surface area (Å²) in [7, 11) is 1.41. The van der Waals surface area contributed by atoms with E-state index in [0.717, 1.165) is 5.56 Å². The van der Waals surface area contributed by atoms with Crippen molar-refractivity contribution in [3.8, 4) is 0 Å². The molecule has 0 aromatic carbocycles. The summed E-state index contributed by atoms with van der Waals surface area (Å²) >= 11 is 0. The van der Waals surface area contributed by atoms with Crippen molar-refractivity contribution in [3.05, 3.63) is 41.7 Å². The number of carbonyl (C=O) groups is 1. The molecule has 0 aliphatic rings. The molecule has 0 bridgehead atoms. The lowest BCUT2D eigenvalue weighted by atomic mass is 9.89. The van der Waals surface area contributed by atoms with E-state index in [2.05, 4.69) is 16.4 Å². The van der Waals surface area contributed by atoms with Gasteiger partial charge in [0.05, 0.1) is 19.1 Å². The topological polar surface area (TPSA) is 51.2 Å². The lowest BCUT2D eigenvalue weighted by Crippen LogP contribution is -2.41. The summed E-state index contributed by atoms with van der Waals surface area (Å²) < 4.78 is 4.78. The first-order valence-corrected chi connectivity index (χ1v) is 6.33. The lowest BCUT2D eigenvalue weighted by molar-refractivity contribution is -0.142. The molecule has 0 saturated carbocycles. The average molecular weight is 262 g/mol. The maximum absolute atomic E-state index is 11.6. The highest BCUT2D eigenvalue weighted by Crippen LogP contribution is 2.24. The van der Waals surface area contributed by atoms with Gasteiger partial charge in [-0.05, 0) is 38.5 Å². The minimum atomic E-state index is -0.456. The summed E-state index contributed by atoms with van der Waals surface area (Å²) in [4.78, 5) is 15.6. The van der Waals surface area contributed by atoms with Crippen molar-refractivity contribution >= 4 is 5.97 Å². The minimum Gasteiger partial charge on any atom is -0.469 e. The fourth-order valence-corrected chi connectivity index (χ4v) is 1.83. The highest BCUT2D eigenvalue weighted by Gasteiger charge is 2.29. The number of pyridine rings is 1. The molecule has 4 heteroatoms. The van der Waals surface area contributed by atoms with E-state index in [0.29, 0.717) is 6.54 Å². The van der Waals surface area contributed by atoms with Crippen LogP contribution in [0.25, 0.3) is 0 Å². The number of nitrogens with one attached hydrogen (secondary N) is 1. The number of ether oxygens (including phenoxy) is 1. The van der Waals surface area contributed by atoms with E-state index >= 15 is 0 Å². The predicted octanol–water partition coefficient (Wildman–Crippen LogP) is 2.42. The maximum Gasteiger partial charge on any atom is 0.307 e. The second-order valence-corrected chi connectivity index (χ2v) is 4.98. The first kappa shape index (κ1) is 15.4. The van der Waals surface area contributed by atoms with Crippen LogP contribution in [0, 0.1) is 0 Å². The molecule has 0 fully saturated rings. The Morgan fingerprint density at radius 1 is 1.42 bits per heavy atom. The largest absolute Gasteiger partial charge is 0.469 e. The molecule has 1 aromatic rings. The Labute approximate surface area is 114 Å². The molecule has 0 aliphatic heterocycles. The Morgan fingerprint density at radius 2 is 2.05 bits per heavy atom. The van der Waals surface area contributed by atoms with Crippen LogP contribution < -0.4 is 5.32 Å². The molecule has 1 N–H and O–H groups in total. The monoisotopic (exact) mass is 262 g/mol. The van der Waals surface area contributed by atoms with E-state index in [1.165, 1.54) is 12.7 Å². The van der Waals surface area contributed by atoms with Gasteiger partial charge in [0.1, 0.15) is 0 Å². The summed E-state index contributed by atoms with van der Waals surface area (Å²) in [6.07, 6.45) is 5.84. The Kier molecular flexibility index (Phi) is 5.70. The number of hydrogen-bond donors (Lipinski definition) is 1. The number of aromatic nitrogens is 1. The molecule has 0 amide bonds. The van der Waals surface area contributed by atoms with Crippen molar-refractivity contribution in [2.24, 2.45) is 0 Å². The van der Waals surface area contributed by atoms with Gasteiger partial charge in [-0.2, -0.15) is 0 Å². The predicted molar refractivity (Wildman–Crippen MR) is 75.7 cm³/mol. The van der Waals surface area contributed by atoms with Crippen molar-refractivity contribution in [2.75, 3.05) is 13.7 Å². The molecule has 1 aromatic heterocycles. The third kappa shape index (κ3) is 4.83. The molecule has 104 valence electrons. The van der Waals surface area contributed by atoms with Gasteiger partial charge in [0, 0.05) is 18.9 Å². The van der Waals surface area contributed by atoms with E-state index in [-0.39, 0.29) is 12.4 Å². The standard InChI is InChI=1S/C15H22N2O2/c1-12(2)5-10-17-15(3,11-14(18)19-4)13-6-8-16-9-7-13/h5-9,17H,10-11H2,1-4H3. The van der Waals surface area contributed by atoms with Crippen LogP contribution in [-0.2, 0) is 15.1 Å². The van der Waals surface area contributed by atoms with Gasteiger partial charge in [0.2, 0.25) is 0 Å². The summed E-state index contributed by atoms with van der Waals surface area (Å²) in [6.45, 7) is 6.80. The molecule has 1 rings (SSSR count). The quantitative estimate of drug-likeness (QED) is 0.632. The van der Waals surface area contributed by atoms with Crippen LogP contribution in [0.15, 0.2) is 36.2 Å². The Bertz CT molecular complexity index is 439. The zero-order chi connectivity index (χ0) is 14.3. The third-order valence-corrected chi connectivity index (χ3v) is 3.05. The highest BCUT2D eigenvalue weighted by molar-refractivity contribution is 5.71. The molecule has 1 unspecified atom stereocenters. The minimum absolute atomic E-state index is 0.232. The molecule has 19 heavy (non-hydrogen) atoms. The van der Waals surface area contributed by atoms with Crippen LogP contribution in [0.2, 0.25) is 0 Å². The molecule has 1 atom stereocenters. The number of nitrogens with zero attached hydrogens (tertiary/aromatic N) is 1. The van der Waals surface area contributed by atoms with Gasteiger partial charge < -0.3 is 10.1 Å². The summed E-state index contributed by atoms with van der Waals surface area (Å²) in [6, 6.07) is 3.83. The van der Waals surface area contributed by atoms with E-state index in [1.54, 1.807) is 12.4 Å². The van der Waals surface area contributed by atoms with Crippen LogP contribution in [-0.4, -0.2) is 24.6 Å². The highest BCUT2D eigenvalue weighted by atomic mass is 16.5. The second-order valence-electron chi connectivity index (χ2n) is 4.98. The van der Waals surface area contributed by atoms with Gasteiger partial charge in [-0.15, -0.1) is 0 Å². The van der Waals surface area contributed by atoms with Gasteiger partial charge in [-0.1, -0.05) is 11.6 Å². The van der Waals surface area contributed by atoms with Crippen molar-refractivity contribution in [1.29, 1.82) is 0 Å². The number of carbonyl (C=O) groups excluding carboxylic acids is 1. The van der Waals surface area contributed by atoms with E-state index in [1.807, 2.05) is 32.9 Å². The fourth-order valence-electron chi connectivity index (χ4n) is 1.83. The van der Waals surface area contributed by atoms with Crippen LogP contribution >= 0.6 is 0 Å². The van der Waals surface area contributed by atoms with Gasteiger partial charge >= 0.3 is 5.97 Å². The van der Waals surface area contributed by atoms with Crippen molar-refractivity contribution < 1.29 is 9.53 Å². The zero-order valence-corrected chi connectivity index (χ0v) is 12.1. The lowest BCUT2D eigenvalue weighted by Gasteiger charge is -2.30. The van der Waals surface area contributed by atoms with Gasteiger partial charge in [-0.25, -0.2) is 0 Å². The van der Waals surface area contributed by atoms with Crippen molar-refractivity contribution in [2.45, 2.75) is 32.7 Å². The first-order valence-electron chi connectivity index (χ1n) is 6.33. The summed E-state index contributed by atoms with van der Waals surface area (Å²) in [5, 5.41) is 3.40. The number of allylic oxidation sites excluding steroid dienone is 1. The van der Waals surface area contributed by atoms with E-state index in [9.17, 15) is 4.79 Å². The number of rotatable bonds is 6. The van der Waals surface area contributed by atoms with Crippen molar-refractivity contribution in [3.63, 3.8) is 0 Å². The molecular weight excluding hydrogens is 240 g/mol. The first-order chi connectivity index (χ1) is 8.98. The Hall–Kier alpha value is -1.68. The Morgan fingerprint density at radius 3 is 2.58 bits per heavy atom. The van der Waals surface area contributed by atoms with E-state index < -0.39 is 5.54 Å².